The molecule has 3 rings (SSSR count). The van der Waals surface area contributed by atoms with E-state index in [1.807, 2.05) is 6.07 Å². The molecular weight excluding hydrogens is 256 g/mol. The minimum atomic E-state index is -0.150. The third kappa shape index (κ3) is 2.32. The van der Waals surface area contributed by atoms with Crippen LogP contribution in [0, 0.1) is 0 Å². The first kappa shape index (κ1) is 12.5. The van der Waals surface area contributed by atoms with Crippen LogP contribution in [0.1, 0.15) is 18.2 Å². The lowest BCUT2D eigenvalue weighted by Crippen LogP contribution is -2.20. The van der Waals surface area contributed by atoms with Crippen LogP contribution < -0.4 is 10.2 Å². The molecule has 1 aliphatic rings. The van der Waals surface area contributed by atoms with Gasteiger partial charge in [0.05, 0.1) is 18.6 Å². The van der Waals surface area contributed by atoms with Crippen LogP contribution in [0.15, 0.2) is 24.7 Å². The zero-order chi connectivity index (χ0) is 14.1. The van der Waals surface area contributed by atoms with Gasteiger partial charge in [-0.05, 0) is 12.5 Å². The Balaban J connectivity index is 1.90. The highest BCUT2D eigenvalue weighted by Crippen LogP contribution is 2.38. The van der Waals surface area contributed by atoms with E-state index in [9.17, 15) is 9.90 Å². The van der Waals surface area contributed by atoms with Gasteiger partial charge in [-0.3, -0.25) is 4.79 Å². The number of benzene rings is 1. The van der Waals surface area contributed by atoms with Crippen LogP contribution in [0.5, 0.6) is 5.75 Å². The van der Waals surface area contributed by atoms with Crippen molar-refractivity contribution in [1.82, 2.24) is 9.97 Å². The van der Waals surface area contributed by atoms with Crippen LogP contribution in [0.4, 0.5) is 11.4 Å². The van der Waals surface area contributed by atoms with Gasteiger partial charge in [0.15, 0.2) is 0 Å². The number of aromatic amines is 1. The van der Waals surface area contributed by atoms with E-state index in [0.717, 1.165) is 29.9 Å². The van der Waals surface area contributed by atoms with Crippen LogP contribution >= 0.6 is 0 Å². The molecule has 0 saturated heterocycles. The Hall–Kier alpha value is -2.50. The van der Waals surface area contributed by atoms with Crippen molar-refractivity contribution in [3.05, 3.63) is 35.9 Å². The third-order valence-corrected chi connectivity index (χ3v) is 3.41. The summed E-state index contributed by atoms with van der Waals surface area (Å²) >= 11 is 0. The van der Waals surface area contributed by atoms with Gasteiger partial charge in [-0.1, -0.05) is 0 Å². The number of nitrogens with one attached hydrogen (secondary N) is 2. The standard InChI is InChI=1S/C14H16N4O2/c1-9(19)17-10-4-13-12(14(20)5-10)2-3-18(13)7-11-6-15-8-16-11/h4-6,8,20H,2-3,7H2,1H3,(H,15,16)(H,17,19). The molecular formula is C14H16N4O2. The topological polar surface area (TPSA) is 81.2 Å². The van der Waals surface area contributed by atoms with E-state index in [0.29, 0.717) is 12.2 Å². The molecule has 0 bridgehead atoms. The van der Waals surface area contributed by atoms with Crippen molar-refractivity contribution >= 4 is 17.3 Å². The van der Waals surface area contributed by atoms with Crippen LogP contribution in [-0.2, 0) is 17.8 Å². The first-order valence-corrected chi connectivity index (χ1v) is 6.49. The lowest BCUT2D eigenvalue weighted by Gasteiger charge is -2.19. The molecule has 0 radical (unpaired) electrons. The van der Waals surface area contributed by atoms with Crippen LogP contribution in [0.25, 0.3) is 0 Å². The largest absolute Gasteiger partial charge is 0.508 e. The summed E-state index contributed by atoms with van der Waals surface area (Å²) in [5, 5.41) is 12.8. The first-order chi connectivity index (χ1) is 9.63. The average Bonchev–Trinajstić information content (AvgIpc) is 3.00. The van der Waals surface area contributed by atoms with Gasteiger partial charge in [-0.2, -0.15) is 0 Å². The summed E-state index contributed by atoms with van der Waals surface area (Å²) in [6.07, 6.45) is 4.24. The number of phenolic OH excluding ortho intramolecular Hbond substituents is 1. The third-order valence-electron chi connectivity index (χ3n) is 3.41. The molecule has 0 aliphatic carbocycles. The Labute approximate surface area is 116 Å². The number of aromatic hydroxyl groups is 1. The van der Waals surface area contributed by atoms with E-state index in [4.69, 9.17) is 0 Å². The molecule has 0 spiro atoms. The SMILES string of the molecule is CC(=O)Nc1cc(O)c2c(c1)N(Cc1cnc[nH]1)CC2. The number of carbonyl (C=O) groups is 1. The molecule has 104 valence electrons. The number of phenols is 1. The number of amides is 1. The summed E-state index contributed by atoms with van der Waals surface area (Å²) in [4.78, 5) is 20.4. The molecule has 1 aromatic carbocycles. The number of rotatable bonds is 3. The number of carbonyl (C=O) groups excluding carboxylic acids is 1. The number of aromatic nitrogens is 2. The normalized spacial score (nSPS) is 13.3. The van der Waals surface area contributed by atoms with Gasteiger partial charge < -0.3 is 20.3 Å². The van der Waals surface area contributed by atoms with Gasteiger partial charge in [0.2, 0.25) is 5.91 Å². The van der Waals surface area contributed by atoms with Crippen molar-refractivity contribution < 1.29 is 9.90 Å². The molecule has 2 heterocycles. The molecule has 20 heavy (non-hydrogen) atoms. The fourth-order valence-corrected chi connectivity index (χ4v) is 2.56. The Morgan fingerprint density at radius 2 is 2.40 bits per heavy atom. The minimum absolute atomic E-state index is 0.150. The highest BCUT2D eigenvalue weighted by molar-refractivity contribution is 5.90. The Morgan fingerprint density at radius 3 is 3.10 bits per heavy atom. The molecule has 0 atom stereocenters. The maximum Gasteiger partial charge on any atom is 0.221 e. The summed E-state index contributed by atoms with van der Waals surface area (Å²) in [6, 6.07) is 3.50. The zero-order valence-electron chi connectivity index (χ0n) is 11.2. The van der Waals surface area contributed by atoms with Crippen LogP contribution in [-0.4, -0.2) is 27.5 Å². The van der Waals surface area contributed by atoms with E-state index < -0.39 is 0 Å². The van der Waals surface area contributed by atoms with Crippen molar-refractivity contribution in [1.29, 1.82) is 0 Å². The number of H-pyrrole nitrogens is 1. The summed E-state index contributed by atoms with van der Waals surface area (Å²) in [6.45, 7) is 2.99. The summed E-state index contributed by atoms with van der Waals surface area (Å²) in [7, 11) is 0. The Bertz CT molecular complexity index is 637. The van der Waals surface area contributed by atoms with Crippen molar-refractivity contribution in [2.45, 2.75) is 19.9 Å². The Kier molecular flexibility index (Phi) is 3.06. The Morgan fingerprint density at radius 1 is 1.55 bits per heavy atom. The van der Waals surface area contributed by atoms with Crippen molar-refractivity contribution in [3.63, 3.8) is 0 Å². The summed E-state index contributed by atoms with van der Waals surface area (Å²) < 4.78 is 0. The maximum absolute atomic E-state index is 11.1. The average molecular weight is 272 g/mol. The van der Waals surface area contributed by atoms with Crippen molar-refractivity contribution in [2.75, 3.05) is 16.8 Å². The van der Waals surface area contributed by atoms with Crippen LogP contribution in [0.2, 0.25) is 0 Å². The van der Waals surface area contributed by atoms with E-state index in [1.165, 1.54) is 6.92 Å². The second-order valence-corrected chi connectivity index (χ2v) is 4.92. The van der Waals surface area contributed by atoms with Gasteiger partial charge in [0.1, 0.15) is 5.75 Å². The number of nitrogens with zero attached hydrogens (tertiary/aromatic N) is 2. The zero-order valence-corrected chi connectivity index (χ0v) is 11.2. The molecule has 6 heteroatoms. The van der Waals surface area contributed by atoms with Gasteiger partial charge in [0, 0.05) is 42.7 Å². The van der Waals surface area contributed by atoms with E-state index in [-0.39, 0.29) is 11.7 Å². The highest BCUT2D eigenvalue weighted by Gasteiger charge is 2.23. The van der Waals surface area contributed by atoms with E-state index >= 15 is 0 Å². The molecule has 1 aromatic heterocycles. The molecule has 0 fully saturated rings. The van der Waals surface area contributed by atoms with E-state index in [1.54, 1.807) is 18.6 Å². The van der Waals surface area contributed by atoms with Gasteiger partial charge >= 0.3 is 0 Å². The molecule has 0 unspecified atom stereocenters. The second-order valence-electron chi connectivity index (χ2n) is 4.92. The summed E-state index contributed by atoms with van der Waals surface area (Å²) in [5.41, 5.74) is 3.52. The molecule has 2 aromatic rings. The maximum atomic E-state index is 11.1. The highest BCUT2D eigenvalue weighted by atomic mass is 16.3. The van der Waals surface area contributed by atoms with Gasteiger partial charge in [0.25, 0.3) is 0 Å². The number of anilines is 2. The fraction of sp³-hybridized carbons (Fsp3) is 0.286. The number of hydrogen-bond donors (Lipinski definition) is 3. The number of fused-ring (bicyclic) bond motifs is 1. The van der Waals surface area contributed by atoms with Crippen LogP contribution in [0.3, 0.4) is 0 Å². The fourth-order valence-electron chi connectivity index (χ4n) is 2.56. The second kappa shape index (κ2) is 4.88. The lowest BCUT2D eigenvalue weighted by atomic mass is 10.1. The van der Waals surface area contributed by atoms with Gasteiger partial charge in [-0.15, -0.1) is 0 Å². The van der Waals surface area contributed by atoms with E-state index in [2.05, 4.69) is 20.2 Å². The number of hydrogen-bond acceptors (Lipinski definition) is 4. The quantitative estimate of drug-likeness (QED) is 0.793. The smallest absolute Gasteiger partial charge is 0.221 e. The molecule has 1 amide bonds. The minimum Gasteiger partial charge on any atom is -0.508 e. The van der Waals surface area contributed by atoms with Crippen molar-refractivity contribution in [2.24, 2.45) is 0 Å². The molecule has 6 nitrogen and oxygen atoms in total. The first-order valence-electron chi connectivity index (χ1n) is 6.49. The monoisotopic (exact) mass is 272 g/mol. The predicted molar refractivity (Wildman–Crippen MR) is 75.8 cm³/mol. The summed E-state index contributed by atoms with van der Waals surface area (Å²) in [5.74, 6) is 0.0841. The molecule has 0 saturated carbocycles. The lowest BCUT2D eigenvalue weighted by molar-refractivity contribution is -0.114. The van der Waals surface area contributed by atoms with Crippen molar-refractivity contribution in [3.8, 4) is 5.75 Å². The molecule has 3 N–H and O–H groups in total. The molecule has 1 aliphatic heterocycles. The van der Waals surface area contributed by atoms with Gasteiger partial charge in [-0.25, -0.2) is 4.98 Å². The predicted octanol–water partition coefficient (Wildman–Crippen LogP) is 1.64. The number of imidazole rings is 1.